The van der Waals surface area contributed by atoms with E-state index in [9.17, 15) is 9.18 Å². The van der Waals surface area contributed by atoms with Crippen molar-refractivity contribution < 1.29 is 23.5 Å². The van der Waals surface area contributed by atoms with Crippen molar-refractivity contribution in [1.82, 2.24) is 4.90 Å². The number of nitrogens with zero attached hydrogens (tertiary/aromatic N) is 2. The number of amides is 1. The van der Waals surface area contributed by atoms with Crippen LogP contribution in [0.1, 0.15) is 31.4 Å². The molecule has 30 heavy (non-hydrogen) atoms. The molecule has 1 atom stereocenters. The second kappa shape index (κ2) is 9.61. The monoisotopic (exact) mass is 414 g/mol. The van der Waals surface area contributed by atoms with Gasteiger partial charge in [-0.05, 0) is 35.9 Å². The summed E-state index contributed by atoms with van der Waals surface area (Å²) in [6.45, 7) is 4.51. The van der Waals surface area contributed by atoms with E-state index in [1.807, 2.05) is 32.0 Å². The summed E-state index contributed by atoms with van der Waals surface area (Å²) in [5.41, 5.74) is 2.54. The van der Waals surface area contributed by atoms with Crippen LogP contribution in [0.15, 0.2) is 47.6 Å². The van der Waals surface area contributed by atoms with Gasteiger partial charge in [0.2, 0.25) is 5.91 Å². The van der Waals surface area contributed by atoms with Crippen LogP contribution in [0.5, 0.6) is 11.5 Å². The predicted octanol–water partition coefficient (Wildman–Crippen LogP) is 4.02. The molecule has 0 N–H and O–H groups in total. The zero-order chi connectivity index (χ0) is 21.7. The Morgan fingerprint density at radius 1 is 1.17 bits per heavy atom. The number of hydrogen-bond donors (Lipinski definition) is 0. The van der Waals surface area contributed by atoms with Gasteiger partial charge in [-0.1, -0.05) is 31.1 Å². The Kier molecular flexibility index (Phi) is 6.92. The van der Waals surface area contributed by atoms with Gasteiger partial charge in [-0.15, -0.1) is 0 Å². The van der Waals surface area contributed by atoms with Crippen molar-refractivity contribution in [1.29, 1.82) is 0 Å². The number of rotatable bonds is 8. The predicted molar refractivity (Wildman–Crippen MR) is 112 cm³/mol. The van der Waals surface area contributed by atoms with Gasteiger partial charge in [0.15, 0.2) is 17.6 Å². The van der Waals surface area contributed by atoms with Gasteiger partial charge in [-0.2, -0.15) is 0 Å². The van der Waals surface area contributed by atoms with Crippen molar-refractivity contribution in [2.24, 2.45) is 11.1 Å². The molecule has 6 nitrogen and oxygen atoms in total. The molecule has 0 saturated carbocycles. The summed E-state index contributed by atoms with van der Waals surface area (Å²) >= 11 is 0. The van der Waals surface area contributed by atoms with Crippen LogP contribution < -0.4 is 9.47 Å². The lowest BCUT2D eigenvalue weighted by molar-refractivity contribution is -0.136. The minimum Gasteiger partial charge on any atom is -0.493 e. The Morgan fingerprint density at radius 3 is 2.50 bits per heavy atom. The quantitative estimate of drug-likeness (QED) is 0.655. The third-order valence-electron chi connectivity index (χ3n) is 4.97. The minimum atomic E-state index is -0.299. The fraction of sp³-hybridized carbons (Fsp3) is 0.391. The van der Waals surface area contributed by atoms with Crippen molar-refractivity contribution in [3.05, 3.63) is 59.4 Å². The molecule has 0 radical (unpaired) electrons. The van der Waals surface area contributed by atoms with Crippen molar-refractivity contribution in [3.8, 4) is 11.5 Å². The molecule has 3 rings (SSSR count). The first-order chi connectivity index (χ1) is 14.4. The third kappa shape index (κ3) is 5.09. The van der Waals surface area contributed by atoms with Crippen molar-refractivity contribution in [2.45, 2.75) is 32.9 Å². The van der Waals surface area contributed by atoms with Crippen LogP contribution in [-0.4, -0.2) is 43.4 Å². The topological polar surface area (TPSA) is 60.4 Å². The maximum Gasteiger partial charge on any atom is 0.225 e. The Balaban J connectivity index is 1.69. The zero-order valence-electron chi connectivity index (χ0n) is 17.7. The molecule has 1 aliphatic rings. The zero-order valence-corrected chi connectivity index (χ0v) is 17.7. The molecule has 7 heteroatoms. The number of carbonyl (C=O) groups is 1. The van der Waals surface area contributed by atoms with Crippen molar-refractivity contribution in [3.63, 3.8) is 0 Å². The highest BCUT2D eigenvalue weighted by Gasteiger charge is 2.28. The van der Waals surface area contributed by atoms with Crippen molar-refractivity contribution >= 4 is 11.6 Å². The number of carbonyl (C=O) groups excluding carboxylic acids is 1. The maximum absolute atomic E-state index is 13.2. The summed E-state index contributed by atoms with van der Waals surface area (Å²) in [4.78, 5) is 20.1. The number of benzene rings is 2. The summed E-state index contributed by atoms with van der Waals surface area (Å²) in [6.07, 6.45) is 0.317. The molecule has 2 aromatic rings. The Labute approximate surface area is 176 Å². The van der Waals surface area contributed by atoms with E-state index in [2.05, 4.69) is 5.16 Å². The standard InChI is InChI=1S/C23H27FN2O4/c1-15(2)23(27)26(13-16-5-8-18(24)9-6-16)14-19-12-20(25-30-19)17-7-10-21(28-3)22(11-17)29-4/h5-11,15,19H,12-14H2,1-4H3. The summed E-state index contributed by atoms with van der Waals surface area (Å²) < 4.78 is 23.8. The molecule has 0 aromatic heterocycles. The van der Waals surface area contributed by atoms with E-state index >= 15 is 0 Å². The summed E-state index contributed by atoms with van der Waals surface area (Å²) in [6, 6.07) is 11.8. The van der Waals surface area contributed by atoms with E-state index < -0.39 is 0 Å². The van der Waals surface area contributed by atoms with E-state index in [-0.39, 0.29) is 23.7 Å². The van der Waals surface area contributed by atoms with E-state index in [1.54, 1.807) is 31.3 Å². The van der Waals surface area contributed by atoms with Gasteiger partial charge >= 0.3 is 0 Å². The first-order valence-corrected chi connectivity index (χ1v) is 9.89. The molecule has 0 saturated heterocycles. The normalized spacial score (nSPS) is 15.5. The van der Waals surface area contributed by atoms with E-state index in [0.29, 0.717) is 31.0 Å². The fourth-order valence-electron chi connectivity index (χ4n) is 3.37. The van der Waals surface area contributed by atoms with Crippen molar-refractivity contribution in [2.75, 3.05) is 20.8 Å². The van der Waals surface area contributed by atoms with E-state index in [0.717, 1.165) is 16.8 Å². The lowest BCUT2D eigenvalue weighted by atomic mass is 10.0. The fourth-order valence-corrected chi connectivity index (χ4v) is 3.37. The number of methoxy groups -OCH3 is 2. The largest absolute Gasteiger partial charge is 0.493 e. The molecular formula is C23H27FN2O4. The SMILES string of the molecule is COc1ccc(C2=NOC(CN(Cc3ccc(F)cc3)C(=O)C(C)C)C2)cc1OC. The average molecular weight is 414 g/mol. The Bertz CT molecular complexity index is 912. The van der Waals surface area contributed by atoms with Crippen LogP contribution in [0.4, 0.5) is 4.39 Å². The van der Waals surface area contributed by atoms with Gasteiger partial charge in [0.1, 0.15) is 5.82 Å². The summed E-state index contributed by atoms with van der Waals surface area (Å²) in [7, 11) is 3.17. The molecular weight excluding hydrogens is 387 g/mol. The Morgan fingerprint density at radius 2 is 1.87 bits per heavy atom. The highest BCUT2D eigenvalue weighted by molar-refractivity contribution is 6.01. The second-order valence-corrected chi connectivity index (χ2v) is 7.54. The summed E-state index contributed by atoms with van der Waals surface area (Å²) in [5.74, 6) is 0.826. The molecule has 160 valence electrons. The van der Waals surface area contributed by atoms with Crippen LogP contribution in [0, 0.1) is 11.7 Å². The summed E-state index contributed by atoms with van der Waals surface area (Å²) in [5, 5.41) is 4.23. The van der Waals surface area contributed by atoms with Gasteiger partial charge in [0.05, 0.1) is 26.5 Å². The molecule has 1 unspecified atom stereocenters. The van der Waals surface area contributed by atoms with Gasteiger partial charge in [0, 0.05) is 24.4 Å². The maximum atomic E-state index is 13.2. The molecule has 0 fully saturated rings. The minimum absolute atomic E-state index is 0.0162. The van der Waals surface area contributed by atoms with Crippen LogP contribution in [0.25, 0.3) is 0 Å². The molecule has 1 heterocycles. The number of halogens is 1. The first kappa shape index (κ1) is 21.6. The van der Waals surface area contributed by atoms with Gasteiger partial charge in [-0.25, -0.2) is 4.39 Å². The molecule has 2 aromatic carbocycles. The molecule has 0 bridgehead atoms. The van der Waals surface area contributed by atoms with Gasteiger partial charge < -0.3 is 19.2 Å². The van der Waals surface area contributed by atoms with E-state index in [1.165, 1.54) is 12.1 Å². The number of hydrogen-bond acceptors (Lipinski definition) is 5. The molecule has 1 amide bonds. The smallest absolute Gasteiger partial charge is 0.225 e. The Hall–Kier alpha value is -3.09. The lowest BCUT2D eigenvalue weighted by Crippen LogP contribution is -2.39. The average Bonchev–Trinajstić information content (AvgIpc) is 3.22. The third-order valence-corrected chi connectivity index (χ3v) is 4.97. The molecule has 0 aliphatic carbocycles. The highest BCUT2D eigenvalue weighted by atomic mass is 19.1. The van der Waals surface area contributed by atoms with Crippen LogP contribution in [0.2, 0.25) is 0 Å². The number of ether oxygens (including phenoxy) is 2. The lowest BCUT2D eigenvalue weighted by Gasteiger charge is -2.26. The van der Waals surface area contributed by atoms with Crippen LogP contribution in [-0.2, 0) is 16.2 Å². The second-order valence-electron chi connectivity index (χ2n) is 7.54. The first-order valence-electron chi connectivity index (χ1n) is 9.89. The van der Waals surface area contributed by atoms with Crippen LogP contribution in [0.3, 0.4) is 0 Å². The molecule has 0 spiro atoms. The van der Waals surface area contributed by atoms with Gasteiger partial charge in [-0.3, -0.25) is 4.79 Å². The molecule has 1 aliphatic heterocycles. The number of oxime groups is 1. The highest BCUT2D eigenvalue weighted by Crippen LogP contribution is 2.29. The van der Waals surface area contributed by atoms with E-state index in [4.69, 9.17) is 14.3 Å². The van der Waals surface area contributed by atoms with Gasteiger partial charge in [0.25, 0.3) is 0 Å². The van der Waals surface area contributed by atoms with Crippen LogP contribution >= 0.6 is 0 Å².